The Labute approximate surface area is 127 Å². The topological polar surface area (TPSA) is 58.6 Å². The number of hydrogen-bond donors (Lipinski definition) is 2. The van der Waals surface area contributed by atoms with E-state index in [1.807, 2.05) is 24.3 Å². The minimum Gasteiger partial charge on any atom is -0.497 e. The van der Waals surface area contributed by atoms with E-state index >= 15 is 0 Å². The molecule has 0 aromatic heterocycles. The van der Waals surface area contributed by atoms with Gasteiger partial charge in [0.1, 0.15) is 11.3 Å². The molecule has 0 amide bonds. The van der Waals surface area contributed by atoms with Crippen LogP contribution in [-0.4, -0.2) is 23.7 Å². The summed E-state index contributed by atoms with van der Waals surface area (Å²) in [6.07, 6.45) is 1.44. The van der Waals surface area contributed by atoms with Crippen LogP contribution in [0.5, 0.6) is 5.75 Å². The van der Waals surface area contributed by atoms with Crippen molar-refractivity contribution in [1.29, 1.82) is 0 Å². The lowest BCUT2D eigenvalue weighted by atomic mass is 9.84. The van der Waals surface area contributed by atoms with Crippen molar-refractivity contribution in [2.75, 3.05) is 7.11 Å². The van der Waals surface area contributed by atoms with Crippen LogP contribution < -0.4 is 10.1 Å². The summed E-state index contributed by atoms with van der Waals surface area (Å²) < 4.78 is 5.18. The van der Waals surface area contributed by atoms with Crippen LogP contribution in [0.3, 0.4) is 0 Å². The molecular formula is C17H27NO3. The number of methoxy groups -OCH3 is 1. The van der Waals surface area contributed by atoms with Gasteiger partial charge in [-0.2, -0.15) is 0 Å². The number of ether oxygens (including phenoxy) is 1. The van der Waals surface area contributed by atoms with E-state index in [0.29, 0.717) is 13.0 Å². The Morgan fingerprint density at radius 1 is 1.24 bits per heavy atom. The van der Waals surface area contributed by atoms with Gasteiger partial charge >= 0.3 is 5.97 Å². The van der Waals surface area contributed by atoms with Crippen molar-refractivity contribution in [2.45, 2.75) is 52.6 Å². The lowest BCUT2D eigenvalue weighted by molar-refractivity contribution is -0.144. The van der Waals surface area contributed by atoms with Crippen LogP contribution in [0.1, 0.15) is 46.1 Å². The predicted molar refractivity (Wildman–Crippen MR) is 84.6 cm³/mol. The standard InChI is InChI=1S/C17H27NO3/c1-16(2,3)9-10-17(4,15(19)20)18-12-13-7-6-8-14(11-13)21-5/h6-8,11,18H,9-10,12H2,1-5H3,(H,19,20)/t17-/m1/s1. The summed E-state index contributed by atoms with van der Waals surface area (Å²) in [4.78, 5) is 11.6. The van der Waals surface area contributed by atoms with Gasteiger partial charge < -0.3 is 9.84 Å². The van der Waals surface area contributed by atoms with Crippen molar-refractivity contribution in [3.8, 4) is 5.75 Å². The van der Waals surface area contributed by atoms with Crippen LogP contribution in [0.2, 0.25) is 0 Å². The van der Waals surface area contributed by atoms with E-state index in [1.165, 1.54) is 0 Å². The lowest BCUT2D eigenvalue weighted by Gasteiger charge is -2.30. The number of carbonyl (C=O) groups is 1. The molecule has 0 fully saturated rings. The highest BCUT2D eigenvalue weighted by molar-refractivity contribution is 5.78. The minimum absolute atomic E-state index is 0.119. The predicted octanol–water partition coefficient (Wildman–Crippen LogP) is 3.45. The van der Waals surface area contributed by atoms with Crippen molar-refractivity contribution in [2.24, 2.45) is 5.41 Å². The van der Waals surface area contributed by atoms with Gasteiger partial charge in [0.15, 0.2) is 0 Å². The van der Waals surface area contributed by atoms with Crippen LogP contribution in [0.4, 0.5) is 0 Å². The maximum atomic E-state index is 11.6. The van der Waals surface area contributed by atoms with Crippen LogP contribution in [0.15, 0.2) is 24.3 Å². The first kappa shape index (κ1) is 17.5. The number of carboxylic acids is 1. The minimum atomic E-state index is -0.920. The number of benzene rings is 1. The Morgan fingerprint density at radius 2 is 1.90 bits per heavy atom. The van der Waals surface area contributed by atoms with Crippen LogP contribution in [0, 0.1) is 5.41 Å². The molecule has 21 heavy (non-hydrogen) atoms. The van der Waals surface area contributed by atoms with E-state index < -0.39 is 11.5 Å². The first-order chi connectivity index (χ1) is 9.66. The fraction of sp³-hybridized carbons (Fsp3) is 0.588. The first-order valence-corrected chi connectivity index (χ1v) is 7.28. The third-order valence-electron chi connectivity index (χ3n) is 3.66. The molecule has 0 heterocycles. The van der Waals surface area contributed by atoms with Gasteiger partial charge in [-0.05, 0) is 42.9 Å². The summed E-state index contributed by atoms with van der Waals surface area (Å²) >= 11 is 0. The lowest BCUT2D eigenvalue weighted by Crippen LogP contribution is -2.49. The molecule has 0 saturated carbocycles. The second-order valence-electron chi connectivity index (χ2n) is 6.90. The Balaban J connectivity index is 2.71. The highest BCUT2D eigenvalue weighted by Gasteiger charge is 2.33. The molecule has 0 aliphatic heterocycles. The molecule has 0 aliphatic rings. The number of rotatable bonds is 7. The molecular weight excluding hydrogens is 266 g/mol. The molecule has 4 nitrogen and oxygen atoms in total. The van der Waals surface area contributed by atoms with Gasteiger partial charge in [-0.1, -0.05) is 32.9 Å². The molecule has 1 aromatic carbocycles. The third-order valence-corrected chi connectivity index (χ3v) is 3.66. The molecule has 0 bridgehead atoms. The van der Waals surface area contributed by atoms with E-state index in [9.17, 15) is 9.90 Å². The quantitative estimate of drug-likeness (QED) is 0.808. The monoisotopic (exact) mass is 293 g/mol. The molecule has 1 aromatic rings. The molecule has 2 N–H and O–H groups in total. The highest BCUT2D eigenvalue weighted by atomic mass is 16.5. The van der Waals surface area contributed by atoms with Gasteiger partial charge in [0.05, 0.1) is 7.11 Å². The fourth-order valence-electron chi connectivity index (χ4n) is 1.98. The smallest absolute Gasteiger partial charge is 0.323 e. The van der Waals surface area contributed by atoms with Gasteiger partial charge in [-0.15, -0.1) is 0 Å². The summed E-state index contributed by atoms with van der Waals surface area (Å²) in [5.74, 6) is -0.0318. The summed E-state index contributed by atoms with van der Waals surface area (Å²) in [6, 6.07) is 7.66. The molecule has 4 heteroatoms. The second kappa shape index (κ2) is 6.94. The van der Waals surface area contributed by atoms with E-state index in [1.54, 1.807) is 14.0 Å². The van der Waals surface area contributed by atoms with Gasteiger partial charge in [0.2, 0.25) is 0 Å². The van der Waals surface area contributed by atoms with Gasteiger partial charge in [-0.3, -0.25) is 10.1 Å². The number of hydrogen-bond acceptors (Lipinski definition) is 3. The van der Waals surface area contributed by atoms with Crippen LogP contribution in [-0.2, 0) is 11.3 Å². The Morgan fingerprint density at radius 3 is 2.43 bits per heavy atom. The fourth-order valence-corrected chi connectivity index (χ4v) is 1.98. The number of aliphatic carboxylic acids is 1. The Hall–Kier alpha value is -1.55. The zero-order chi connectivity index (χ0) is 16.1. The third kappa shape index (κ3) is 5.76. The maximum Gasteiger partial charge on any atom is 0.323 e. The van der Waals surface area contributed by atoms with Gasteiger partial charge in [0, 0.05) is 6.54 Å². The van der Waals surface area contributed by atoms with Crippen molar-refractivity contribution < 1.29 is 14.6 Å². The van der Waals surface area contributed by atoms with Gasteiger partial charge in [-0.25, -0.2) is 0 Å². The summed E-state index contributed by atoms with van der Waals surface area (Å²) in [7, 11) is 1.62. The molecule has 0 saturated heterocycles. The van der Waals surface area contributed by atoms with Crippen molar-refractivity contribution >= 4 is 5.97 Å². The largest absolute Gasteiger partial charge is 0.497 e. The molecule has 0 aliphatic carbocycles. The van der Waals surface area contributed by atoms with Gasteiger partial charge in [0.25, 0.3) is 0 Å². The maximum absolute atomic E-state index is 11.6. The summed E-state index contributed by atoms with van der Waals surface area (Å²) in [5, 5.41) is 12.7. The zero-order valence-corrected chi connectivity index (χ0v) is 13.7. The van der Waals surface area contributed by atoms with E-state index in [4.69, 9.17) is 4.74 Å². The second-order valence-corrected chi connectivity index (χ2v) is 6.90. The van der Waals surface area contributed by atoms with Crippen LogP contribution >= 0.6 is 0 Å². The van der Waals surface area contributed by atoms with Crippen molar-refractivity contribution in [1.82, 2.24) is 5.32 Å². The average Bonchev–Trinajstić information content (AvgIpc) is 2.42. The molecule has 0 unspecified atom stereocenters. The normalized spacial score (nSPS) is 14.5. The number of nitrogens with one attached hydrogen (secondary N) is 1. The van der Waals surface area contributed by atoms with Crippen molar-refractivity contribution in [3.05, 3.63) is 29.8 Å². The van der Waals surface area contributed by atoms with Crippen molar-refractivity contribution in [3.63, 3.8) is 0 Å². The zero-order valence-electron chi connectivity index (χ0n) is 13.7. The summed E-state index contributed by atoms with van der Waals surface area (Å²) in [6.45, 7) is 8.62. The summed E-state index contributed by atoms with van der Waals surface area (Å²) in [5.41, 5.74) is 0.211. The van der Waals surface area contributed by atoms with E-state index in [2.05, 4.69) is 26.1 Å². The molecule has 118 valence electrons. The SMILES string of the molecule is COc1cccc(CN[C@](C)(CCC(C)(C)C)C(=O)O)c1. The average molecular weight is 293 g/mol. The molecule has 1 rings (SSSR count). The van der Waals surface area contributed by atoms with Crippen LogP contribution in [0.25, 0.3) is 0 Å². The van der Waals surface area contributed by atoms with E-state index in [-0.39, 0.29) is 5.41 Å². The molecule has 1 atom stereocenters. The molecule has 0 radical (unpaired) electrons. The number of carboxylic acid groups (broad SMARTS) is 1. The first-order valence-electron chi connectivity index (χ1n) is 7.28. The Kier molecular flexibility index (Phi) is 5.78. The molecule has 0 spiro atoms. The Bertz CT molecular complexity index is 479. The van der Waals surface area contributed by atoms with E-state index in [0.717, 1.165) is 17.7 Å². The highest BCUT2D eigenvalue weighted by Crippen LogP contribution is 2.26.